The highest BCUT2D eigenvalue weighted by Gasteiger charge is 2.35. The van der Waals surface area contributed by atoms with Crippen LogP contribution in [0.4, 0.5) is 0 Å². The van der Waals surface area contributed by atoms with Gasteiger partial charge in [0.25, 0.3) is 0 Å². The van der Waals surface area contributed by atoms with Crippen LogP contribution in [-0.2, 0) is 4.74 Å². The zero-order chi connectivity index (χ0) is 10.9. The van der Waals surface area contributed by atoms with E-state index in [-0.39, 0.29) is 5.54 Å². The summed E-state index contributed by atoms with van der Waals surface area (Å²) in [7, 11) is 1.77. The van der Waals surface area contributed by atoms with Crippen molar-refractivity contribution < 1.29 is 4.74 Å². The Morgan fingerprint density at radius 2 is 2.13 bits per heavy atom. The Morgan fingerprint density at radius 3 is 2.67 bits per heavy atom. The van der Waals surface area contributed by atoms with E-state index in [0.29, 0.717) is 0 Å². The minimum Gasteiger partial charge on any atom is -0.383 e. The number of ether oxygens (including phenoxy) is 1. The van der Waals surface area contributed by atoms with Crippen molar-refractivity contribution in [3.8, 4) is 0 Å². The van der Waals surface area contributed by atoms with E-state index < -0.39 is 0 Å². The lowest BCUT2D eigenvalue weighted by Crippen LogP contribution is -2.45. The Balaban J connectivity index is 1.77. The average molecular weight is 209 g/mol. The fraction of sp³-hybridized carbons (Fsp3) is 0.846. The van der Waals surface area contributed by atoms with Crippen LogP contribution in [0.5, 0.6) is 0 Å². The third-order valence-corrected chi connectivity index (χ3v) is 3.76. The van der Waals surface area contributed by atoms with Crippen molar-refractivity contribution >= 4 is 0 Å². The van der Waals surface area contributed by atoms with Crippen LogP contribution >= 0.6 is 0 Å². The molecular formula is C13H23NO. The van der Waals surface area contributed by atoms with Crippen LogP contribution in [-0.4, -0.2) is 25.8 Å². The van der Waals surface area contributed by atoms with Gasteiger partial charge in [-0.25, -0.2) is 0 Å². The first-order valence-corrected chi connectivity index (χ1v) is 6.03. The van der Waals surface area contributed by atoms with Crippen molar-refractivity contribution in [2.75, 3.05) is 20.3 Å². The van der Waals surface area contributed by atoms with Crippen LogP contribution < -0.4 is 5.32 Å². The molecule has 86 valence electrons. The molecule has 2 heteroatoms. The van der Waals surface area contributed by atoms with Gasteiger partial charge in [0, 0.05) is 12.6 Å². The molecule has 2 aliphatic rings. The van der Waals surface area contributed by atoms with Gasteiger partial charge >= 0.3 is 0 Å². The lowest BCUT2D eigenvalue weighted by molar-refractivity contribution is 0.124. The Morgan fingerprint density at radius 1 is 1.33 bits per heavy atom. The number of hydrogen-bond donors (Lipinski definition) is 1. The van der Waals surface area contributed by atoms with Crippen molar-refractivity contribution in [2.45, 2.75) is 32.2 Å². The monoisotopic (exact) mass is 209 g/mol. The van der Waals surface area contributed by atoms with Gasteiger partial charge in [0.2, 0.25) is 0 Å². The van der Waals surface area contributed by atoms with Crippen LogP contribution in [0.15, 0.2) is 12.2 Å². The van der Waals surface area contributed by atoms with Crippen LogP contribution in [0.25, 0.3) is 0 Å². The third kappa shape index (κ3) is 2.61. The largest absolute Gasteiger partial charge is 0.383 e. The lowest BCUT2D eigenvalue weighted by atomic mass is 9.92. The summed E-state index contributed by atoms with van der Waals surface area (Å²) in [5.74, 6) is 2.59. The highest BCUT2D eigenvalue weighted by Crippen LogP contribution is 2.43. The standard InChI is InChI=1S/C13H23NO/c1-13(2,9-15-3)14-8-12-7-10-4-5-11(12)6-10/h4-5,10-12,14H,6-9H2,1-3H3. The summed E-state index contributed by atoms with van der Waals surface area (Å²) in [6.07, 6.45) is 7.61. The molecule has 2 nitrogen and oxygen atoms in total. The van der Waals surface area contributed by atoms with Crippen molar-refractivity contribution in [1.29, 1.82) is 0 Å². The summed E-state index contributed by atoms with van der Waals surface area (Å²) in [4.78, 5) is 0. The molecule has 3 unspecified atom stereocenters. The average Bonchev–Trinajstić information content (AvgIpc) is 2.75. The second-order valence-corrected chi connectivity index (χ2v) is 5.74. The first-order chi connectivity index (χ1) is 7.11. The first-order valence-electron chi connectivity index (χ1n) is 6.03. The van der Waals surface area contributed by atoms with Crippen LogP contribution in [0.1, 0.15) is 26.7 Å². The molecule has 0 heterocycles. The van der Waals surface area contributed by atoms with Gasteiger partial charge in [0.1, 0.15) is 0 Å². The van der Waals surface area contributed by atoms with E-state index >= 15 is 0 Å². The molecule has 0 spiro atoms. The maximum Gasteiger partial charge on any atom is 0.0639 e. The van der Waals surface area contributed by atoms with E-state index in [4.69, 9.17) is 4.74 Å². The van der Waals surface area contributed by atoms with E-state index in [1.807, 2.05) is 0 Å². The molecule has 0 amide bonds. The van der Waals surface area contributed by atoms with Crippen molar-refractivity contribution in [3.05, 3.63) is 12.2 Å². The van der Waals surface area contributed by atoms with Gasteiger partial charge < -0.3 is 10.1 Å². The first kappa shape index (κ1) is 11.2. The summed E-state index contributed by atoms with van der Waals surface area (Å²) in [5, 5.41) is 3.63. The fourth-order valence-electron chi connectivity index (χ4n) is 2.95. The van der Waals surface area contributed by atoms with E-state index in [0.717, 1.165) is 30.9 Å². The molecule has 2 bridgehead atoms. The molecule has 2 rings (SSSR count). The second kappa shape index (κ2) is 4.26. The molecule has 1 saturated carbocycles. The molecule has 0 aromatic carbocycles. The molecule has 3 atom stereocenters. The van der Waals surface area contributed by atoms with Crippen LogP contribution in [0.2, 0.25) is 0 Å². The fourth-order valence-corrected chi connectivity index (χ4v) is 2.95. The minimum absolute atomic E-state index is 0.111. The van der Waals surface area contributed by atoms with Gasteiger partial charge in [-0.15, -0.1) is 0 Å². The number of allylic oxidation sites excluding steroid dienone is 2. The van der Waals surface area contributed by atoms with Gasteiger partial charge in [0.05, 0.1) is 6.61 Å². The SMILES string of the molecule is COCC(C)(C)NCC1CC2C=CC1C2. The number of fused-ring (bicyclic) bond motifs is 2. The van der Waals surface area contributed by atoms with Gasteiger partial charge in [-0.1, -0.05) is 12.2 Å². The molecular weight excluding hydrogens is 186 g/mol. The Hall–Kier alpha value is -0.340. The quantitative estimate of drug-likeness (QED) is 0.701. The number of methoxy groups -OCH3 is 1. The van der Waals surface area contributed by atoms with E-state index in [9.17, 15) is 0 Å². The molecule has 15 heavy (non-hydrogen) atoms. The highest BCUT2D eigenvalue weighted by molar-refractivity contribution is 5.10. The summed E-state index contributed by atoms with van der Waals surface area (Å²) in [6, 6.07) is 0. The zero-order valence-corrected chi connectivity index (χ0v) is 10.1. The van der Waals surface area contributed by atoms with E-state index in [1.54, 1.807) is 7.11 Å². The molecule has 1 N–H and O–H groups in total. The van der Waals surface area contributed by atoms with Gasteiger partial charge in [0.15, 0.2) is 0 Å². The van der Waals surface area contributed by atoms with Gasteiger partial charge in [-0.05, 0) is 51.0 Å². The van der Waals surface area contributed by atoms with E-state index in [2.05, 4.69) is 31.3 Å². The smallest absolute Gasteiger partial charge is 0.0639 e. The Labute approximate surface area is 93.1 Å². The summed E-state index contributed by atoms with van der Waals surface area (Å²) in [5.41, 5.74) is 0.111. The van der Waals surface area contributed by atoms with E-state index in [1.165, 1.54) is 12.8 Å². The minimum atomic E-state index is 0.111. The van der Waals surface area contributed by atoms with Crippen LogP contribution in [0, 0.1) is 17.8 Å². The Kier molecular flexibility index (Phi) is 3.17. The van der Waals surface area contributed by atoms with Gasteiger partial charge in [-0.2, -0.15) is 0 Å². The third-order valence-electron chi connectivity index (χ3n) is 3.76. The Bertz CT molecular complexity index is 247. The topological polar surface area (TPSA) is 21.3 Å². The lowest BCUT2D eigenvalue weighted by Gasteiger charge is -2.29. The predicted octanol–water partition coefficient (Wildman–Crippen LogP) is 2.21. The molecule has 0 radical (unpaired) electrons. The molecule has 0 saturated heterocycles. The maximum absolute atomic E-state index is 5.21. The second-order valence-electron chi connectivity index (χ2n) is 5.74. The molecule has 2 aliphatic carbocycles. The predicted molar refractivity (Wildman–Crippen MR) is 62.8 cm³/mol. The van der Waals surface area contributed by atoms with Crippen molar-refractivity contribution in [1.82, 2.24) is 5.32 Å². The summed E-state index contributed by atoms with van der Waals surface area (Å²) in [6.45, 7) is 6.34. The normalized spacial score (nSPS) is 33.9. The number of rotatable bonds is 5. The molecule has 0 aromatic rings. The van der Waals surface area contributed by atoms with Crippen LogP contribution in [0.3, 0.4) is 0 Å². The molecule has 0 aliphatic heterocycles. The molecule has 1 fully saturated rings. The van der Waals surface area contributed by atoms with Gasteiger partial charge in [-0.3, -0.25) is 0 Å². The number of nitrogens with one attached hydrogen (secondary N) is 1. The summed E-state index contributed by atoms with van der Waals surface area (Å²) < 4.78 is 5.21. The van der Waals surface area contributed by atoms with Crippen molar-refractivity contribution in [3.63, 3.8) is 0 Å². The zero-order valence-electron chi connectivity index (χ0n) is 10.1. The highest BCUT2D eigenvalue weighted by atomic mass is 16.5. The maximum atomic E-state index is 5.21. The summed E-state index contributed by atoms with van der Waals surface area (Å²) >= 11 is 0. The molecule has 0 aromatic heterocycles. The van der Waals surface area contributed by atoms with Crippen molar-refractivity contribution in [2.24, 2.45) is 17.8 Å². The number of hydrogen-bond acceptors (Lipinski definition) is 2.